The van der Waals surface area contributed by atoms with E-state index >= 15 is 0 Å². The SMILES string of the molecule is CCOC(=O)CCNC1CCCN(c2nc3c(c(=O)n(C)c(=O)n3C)n2CC=C(C)C)C1. The molecule has 0 spiro atoms. The van der Waals surface area contributed by atoms with Gasteiger partial charge in [0.1, 0.15) is 0 Å². The topological polar surface area (TPSA) is 103 Å². The Morgan fingerprint density at radius 1 is 1.25 bits per heavy atom. The van der Waals surface area contributed by atoms with Crippen molar-refractivity contribution in [3.05, 3.63) is 32.5 Å². The molecule has 1 unspecified atom stereocenters. The van der Waals surface area contributed by atoms with Crippen LogP contribution in [-0.4, -0.2) is 56.9 Å². The fraction of sp³-hybridized carbons (Fsp3) is 0.636. The van der Waals surface area contributed by atoms with Crippen LogP contribution >= 0.6 is 0 Å². The minimum atomic E-state index is -0.391. The lowest BCUT2D eigenvalue weighted by Gasteiger charge is -2.34. The molecule has 1 N–H and O–H groups in total. The van der Waals surface area contributed by atoms with E-state index in [1.807, 2.05) is 24.5 Å². The Kier molecular flexibility index (Phi) is 7.55. The second-order valence-electron chi connectivity index (χ2n) is 8.48. The summed E-state index contributed by atoms with van der Waals surface area (Å²) in [4.78, 5) is 43.9. The highest BCUT2D eigenvalue weighted by Gasteiger charge is 2.26. The first kappa shape index (κ1) is 23.8. The van der Waals surface area contributed by atoms with Crippen molar-refractivity contribution in [2.75, 3.05) is 31.1 Å². The number of aromatic nitrogens is 4. The van der Waals surface area contributed by atoms with Gasteiger partial charge in [0.25, 0.3) is 5.56 Å². The first-order valence-corrected chi connectivity index (χ1v) is 11.2. The average Bonchev–Trinajstić information content (AvgIpc) is 3.15. The first-order chi connectivity index (χ1) is 15.2. The number of carbonyl (C=O) groups excluding carboxylic acids is 1. The zero-order chi connectivity index (χ0) is 23.4. The van der Waals surface area contributed by atoms with Gasteiger partial charge in [-0.3, -0.25) is 18.7 Å². The third-order valence-electron chi connectivity index (χ3n) is 5.78. The molecule has 0 saturated carbocycles. The molecular weight excluding hydrogens is 412 g/mol. The normalized spacial score (nSPS) is 16.4. The lowest BCUT2D eigenvalue weighted by Crippen LogP contribution is -2.47. The number of piperidine rings is 1. The molecule has 176 valence electrons. The van der Waals surface area contributed by atoms with Crippen LogP contribution in [0.25, 0.3) is 11.2 Å². The maximum atomic E-state index is 13.0. The number of aryl methyl sites for hydroxylation is 1. The summed E-state index contributed by atoms with van der Waals surface area (Å²) in [6, 6.07) is 0.196. The molecule has 2 aromatic heterocycles. The lowest BCUT2D eigenvalue weighted by atomic mass is 10.1. The summed E-state index contributed by atoms with van der Waals surface area (Å²) in [7, 11) is 3.13. The van der Waals surface area contributed by atoms with Crippen molar-refractivity contribution in [1.29, 1.82) is 0 Å². The van der Waals surface area contributed by atoms with Crippen molar-refractivity contribution in [2.24, 2.45) is 14.1 Å². The van der Waals surface area contributed by atoms with E-state index in [4.69, 9.17) is 9.72 Å². The largest absolute Gasteiger partial charge is 0.466 e. The highest BCUT2D eigenvalue weighted by atomic mass is 16.5. The van der Waals surface area contributed by atoms with Crippen LogP contribution in [0, 0.1) is 0 Å². The molecule has 0 aliphatic carbocycles. The number of carbonyl (C=O) groups is 1. The third-order valence-corrected chi connectivity index (χ3v) is 5.78. The van der Waals surface area contributed by atoms with Gasteiger partial charge >= 0.3 is 11.7 Å². The number of hydrogen-bond acceptors (Lipinski definition) is 7. The van der Waals surface area contributed by atoms with Crippen molar-refractivity contribution in [2.45, 2.75) is 52.6 Å². The predicted molar refractivity (Wildman–Crippen MR) is 124 cm³/mol. The zero-order valence-corrected chi connectivity index (χ0v) is 19.7. The number of esters is 1. The molecule has 2 aromatic rings. The lowest BCUT2D eigenvalue weighted by molar-refractivity contribution is -0.143. The van der Waals surface area contributed by atoms with Crippen LogP contribution in [0.1, 0.15) is 40.0 Å². The number of nitrogens with one attached hydrogen (secondary N) is 1. The van der Waals surface area contributed by atoms with Gasteiger partial charge in [-0.05, 0) is 33.6 Å². The summed E-state index contributed by atoms with van der Waals surface area (Å²) < 4.78 is 9.46. The van der Waals surface area contributed by atoms with E-state index in [1.54, 1.807) is 14.0 Å². The van der Waals surface area contributed by atoms with Gasteiger partial charge in [-0.25, -0.2) is 4.79 Å². The first-order valence-electron chi connectivity index (χ1n) is 11.2. The van der Waals surface area contributed by atoms with Crippen LogP contribution in [0.5, 0.6) is 0 Å². The molecule has 3 heterocycles. The van der Waals surface area contributed by atoms with Crippen molar-refractivity contribution < 1.29 is 9.53 Å². The smallest absolute Gasteiger partial charge is 0.332 e. The molecule has 10 heteroatoms. The standard InChI is InChI=1S/C22H34N6O4/c1-6-32-17(29)9-11-23-16-8-7-12-27(14-16)21-24-19-18(28(21)13-10-15(2)3)20(30)26(5)22(31)25(19)4/h10,16,23H,6-9,11-14H2,1-5H3. The average molecular weight is 447 g/mol. The number of anilines is 1. The molecule has 1 atom stereocenters. The second-order valence-corrected chi connectivity index (χ2v) is 8.48. The van der Waals surface area contributed by atoms with Crippen LogP contribution < -0.4 is 21.5 Å². The van der Waals surface area contributed by atoms with Crippen molar-refractivity contribution in [1.82, 2.24) is 24.0 Å². The van der Waals surface area contributed by atoms with E-state index in [0.717, 1.165) is 29.5 Å². The summed E-state index contributed by atoms with van der Waals surface area (Å²) in [6.45, 7) is 8.78. The van der Waals surface area contributed by atoms with Crippen LogP contribution in [-0.2, 0) is 30.2 Å². The van der Waals surface area contributed by atoms with E-state index in [-0.39, 0.29) is 17.6 Å². The Balaban J connectivity index is 1.92. The number of ether oxygens (including phenoxy) is 1. The molecule has 1 aliphatic heterocycles. The Bertz CT molecular complexity index is 1120. The van der Waals surface area contributed by atoms with E-state index in [1.165, 1.54) is 11.6 Å². The fourth-order valence-corrected chi connectivity index (χ4v) is 4.06. The molecule has 0 aromatic carbocycles. The maximum Gasteiger partial charge on any atom is 0.332 e. The highest BCUT2D eigenvalue weighted by Crippen LogP contribution is 2.23. The highest BCUT2D eigenvalue weighted by molar-refractivity contribution is 5.74. The van der Waals surface area contributed by atoms with Gasteiger partial charge in [-0.2, -0.15) is 4.98 Å². The fourth-order valence-electron chi connectivity index (χ4n) is 4.06. The van der Waals surface area contributed by atoms with E-state index < -0.39 is 5.69 Å². The minimum Gasteiger partial charge on any atom is -0.466 e. The summed E-state index contributed by atoms with van der Waals surface area (Å²) in [5, 5.41) is 3.44. The van der Waals surface area contributed by atoms with Crippen LogP contribution in [0.3, 0.4) is 0 Å². The summed E-state index contributed by atoms with van der Waals surface area (Å²) in [5.41, 5.74) is 1.23. The number of imidazole rings is 1. The van der Waals surface area contributed by atoms with Gasteiger partial charge < -0.3 is 19.5 Å². The van der Waals surface area contributed by atoms with Gasteiger partial charge in [0, 0.05) is 46.3 Å². The molecule has 10 nitrogen and oxygen atoms in total. The van der Waals surface area contributed by atoms with Crippen molar-refractivity contribution in [3.8, 4) is 0 Å². The predicted octanol–water partition coefficient (Wildman–Crippen LogP) is 0.912. The van der Waals surface area contributed by atoms with Gasteiger partial charge in [-0.15, -0.1) is 0 Å². The molecule has 3 rings (SSSR count). The molecule has 1 saturated heterocycles. The molecule has 0 radical (unpaired) electrons. The quantitative estimate of drug-likeness (QED) is 0.475. The number of allylic oxidation sites excluding steroid dienone is 2. The summed E-state index contributed by atoms with van der Waals surface area (Å²) >= 11 is 0. The van der Waals surface area contributed by atoms with Crippen LogP contribution in [0.15, 0.2) is 21.2 Å². The second kappa shape index (κ2) is 10.2. The van der Waals surface area contributed by atoms with E-state index in [0.29, 0.717) is 49.8 Å². The van der Waals surface area contributed by atoms with Crippen molar-refractivity contribution >= 4 is 23.1 Å². The van der Waals surface area contributed by atoms with E-state index in [9.17, 15) is 14.4 Å². The minimum absolute atomic E-state index is 0.196. The summed E-state index contributed by atoms with van der Waals surface area (Å²) in [6.07, 6.45) is 4.34. The summed E-state index contributed by atoms with van der Waals surface area (Å²) in [5.74, 6) is 0.487. The maximum absolute atomic E-state index is 13.0. The number of fused-ring (bicyclic) bond motifs is 1. The van der Waals surface area contributed by atoms with Gasteiger partial charge in [0.2, 0.25) is 5.95 Å². The van der Waals surface area contributed by atoms with Gasteiger partial charge in [0.15, 0.2) is 11.2 Å². The molecule has 32 heavy (non-hydrogen) atoms. The Hall–Kier alpha value is -2.88. The Labute approximate surface area is 187 Å². The third kappa shape index (κ3) is 4.95. The Morgan fingerprint density at radius 2 is 2.00 bits per heavy atom. The van der Waals surface area contributed by atoms with Crippen molar-refractivity contribution in [3.63, 3.8) is 0 Å². The number of hydrogen-bond donors (Lipinski definition) is 1. The van der Waals surface area contributed by atoms with Gasteiger partial charge in [0.05, 0.1) is 13.0 Å². The van der Waals surface area contributed by atoms with E-state index in [2.05, 4.69) is 10.2 Å². The Morgan fingerprint density at radius 3 is 2.69 bits per heavy atom. The zero-order valence-electron chi connectivity index (χ0n) is 19.7. The van der Waals surface area contributed by atoms with Crippen LogP contribution in [0.2, 0.25) is 0 Å². The molecule has 0 amide bonds. The molecule has 1 aliphatic rings. The number of rotatable bonds is 8. The molecule has 0 bridgehead atoms. The number of nitrogens with zero attached hydrogens (tertiary/aromatic N) is 5. The van der Waals surface area contributed by atoms with Gasteiger partial charge in [-0.1, -0.05) is 11.6 Å². The monoisotopic (exact) mass is 446 g/mol. The molecule has 1 fully saturated rings. The van der Waals surface area contributed by atoms with Crippen LogP contribution in [0.4, 0.5) is 5.95 Å². The molecular formula is C22H34N6O4.